The third-order valence-corrected chi connectivity index (χ3v) is 12.1. The van der Waals surface area contributed by atoms with Gasteiger partial charge in [0.1, 0.15) is 0 Å². The molecule has 12 rings (SSSR count). The Balaban J connectivity index is 1.04. The normalized spacial score (nSPS) is 11.7. The highest BCUT2D eigenvalue weighted by Gasteiger charge is 2.19. The Morgan fingerprint density at radius 3 is 1.39 bits per heavy atom. The summed E-state index contributed by atoms with van der Waals surface area (Å²) in [5, 5.41) is 11.0. The number of aromatic nitrogens is 2. The molecule has 2 aromatic heterocycles. The molecular formula is C57H36N2. The summed E-state index contributed by atoms with van der Waals surface area (Å²) >= 11 is 0. The van der Waals surface area contributed by atoms with Crippen LogP contribution in [0.2, 0.25) is 0 Å². The predicted octanol–water partition coefficient (Wildman–Crippen LogP) is 15.5. The van der Waals surface area contributed by atoms with Crippen molar-refractivity contribution in [2.75, 3.05) is 0 Å². The molecule has 0 N–H and O–H groups in total. The molecule has 0 saturated carbocycles. The van der Waals surface area contributed by atoms with E-state index < -0.39 is 0 Å². The van der Waals surface area contributed by atoms with Crippen LogP contribution in [0.25, 0.3) is 115 Å². The van der Waals surface area contributed by atoms with Crippen LogP contribution in [0.3, 0.4) is 0 Å². The summed E-state index contributed by atoms with van der Waals surface area (Å²) in [7, 11) is 0. The maximum absolute atomic E-state index is 5.47. The lowest BCUT2D eigenvalue weighted by Gasteiger charge is -2.18. The molecule has 0 aliphatic heterocycles. The fraction of sp³-hybridized carbons (Fsp3) is 0. The van der Waals surface area contributed by atoms with Crippen molar-refractivity contribution in [2.45, 2.75) is 0 Å². The van der Waals surface area contributed by atoms with Gasteiger partial charge in [0.05, 0.1) is 22.2 Å². The first-order valence-electron chi connectivity index (χ1n) is 20.3. The van der Waals surface area contributed by atoms with Crippen molar-refractivity contribution in [1.29, 1.82) is 0 Å². The van der Waals surface area contributed by atoms with Crippen LogP contribution in [-0.4, -0.2) is 9.55 Å². The van der Waals surface area contributed by atoms with Crippen molar-refractivity contribution in [1.82, 2.24) is 9.55 Å². The molecule has 0 amide bonds. The van der Waals surface area contributed by atoms with Crippen molar-refractivity contribution in [3.8, 4) is 50.3 Å². The second kappa shape index (κ2) is 13.4. The monoisotopic (exact) mass is 748 g/mol. The van der Waals surface area contributed by atoms with Crippen LogP contribution in [0.1, 0.15) is 0 Å². The molecule has 2 heteroatoms. The number of nitrogens with zero attached hydrogens (tertiary/aromatic N) is 2. The molecule has 59 heavy (non-hydrogen) atoms. The quantitative estimate of drug-likeness (QED) is 0.127. The minimum absolute atomic E-state index is 0.980. The topological polar surface area (TPSA) is 17.8 Å². The van der Waals surface area contributed by atoms with Crippen LogP contribution >= 0.6 is 0 Å². The molecule has 0 aliphatic carbocycles. The van der Waals surface area contributed by atoms with E-state index in [1.807, 2.05) is 0 Å². The Kier molecular flexibility index (Phi) is 7.57. The highest BCUT2D eigenvalue weighted by atomic mass is 15.0. The van der Waals surface area contributed by atoms with E-state index in [1.54, 1.807) is 0 Å². The molecule has 0 bridgehead atoms. The van der Waals surface area contributed by atoms with Crippen LogP contribution in [0.4, 0.5) is 0 Å². The molecular weight excluding hydrogens is 713 g/mol. The van der Waals surface area contributed by atoms with Crippen LogP contribution in [0.5, 0.6) is 0 Å². The highest BCUT2D eigenvalue weighted by molar-refractivity contribution is 6.22. The van der Waals surface area contributed by atoms with Gasteiger partial charge >= 0.3 is 0 Å². The van der Waals surface area contributed by atoms with Gasteiger partial charge in [0, 0.05) is 32.8 Å². The number of rotatable bonds is 5. The zero-order valence-electron chi connectivity index (χ0n) is 32.2. The Hall–Kier alpha value is -7.81. The maximum Gasteiger partial charge on any atom is 0.0788 e. The minimum Gasteiger partial charge on any atom is -0.309 e. The molecule has 0 spiro atoms. The fourth-order valence-electron chi connectivity index (χ4n) is 9.50. The average Bonchev–Trinajstić information content (AvgIpc) is 3.63. The molecule has 2 heterocycles. The van der Waals surface area contributed by atoms with Crippen molar-refractivity contribution in [3.05, 3.63) is 218 Å². The zero-order valence-corrected chi connectivity index (χ0v) is 32.2. The molecule has 0 aliphatic rings. The van der Waals surface area contributed by atoms with Crippen LogP contribution < -0.4 is 0 Å². The lowest BCUT2D eigenvalue weighted by atomic mass is 9.85. The van der Waals surface area contributed by atoms with Gasteiger partial charge in [-0.05, 0) is 96.7 Å². The van der Waals surface area contributed by atoms with Gasteiger partial charge in [-0.15, -0.1) is 0 Å². The Labute approximate surface area is 341 Å². The van der Waals surface area contributed by atoms with Gasteiger partial charge in [-0.25, -0.2) is 4.98 Å². The molecule has 0 saturated heterocycles. The van der Waals surface area contributed by atoms with Crippen LogP contribution in [-0.2, 0) is 0 Å². The summed E-state index contributed by atoms with van der Waals surface area (Å²) in [5.74, 6) is 0. The number of fused-ring (bicyclic) bond motifs is 8. The molecule has 10 aromatic carbocycles. The molecule has 0 fully saturated rings. The molecule has 2 nitrogen and oxygen atoms in total. The van der Waals surface area contributed by atoms with E-state index in [0.29, 0.717) is 0 Å². The van der Waals surface area contributed by atoms with Gasteiger partial charge in [0.25, 0.3) is 0 Å². The highest BCUT2D eigenvalue weighted by Crippen LogP contribution is 2.45. The summed E-state index contributed by atoms with van der Waals surface area (Å²) in [6.07, 6.45) is 0. The van der Waals surface area contributed by atoms with Gasteiger partial charge < -0.3 is 4.57 Å². The molecule has 274 valence electrons. The standard InChI is InChI=1S/C57H36N2/c1-4-16-38(17-5-1)55-45-23-10-12-25-47(45)56(48-26-13-11-24-46(48)55)39-30-28-37(29-31-39)41-32-33-43-49-36-54-50(35-51(49)57(58-52(43)34-41)40-18-6-2-7-19-40)44-22-14-15-27-53(44)59(54)42-20-8-3-9-21-42/h1-36H. The van der Waals surface area contributed by atoms with Gasteiger partial charge in [-0.1, -0.05) is 182 Å². The molecule has 0 atom stereocenters. The summed E-state index contributed by atoms with van der Waals surface area (Å²) in [6.45, 7) is 0. The third kappa shape index (κ3) is 5.31. The number of hydrogen-bond acceptors (Lipinski definition) is 1. The number of para-hydroxylation sites is 2. The summed E-state index contributed by atoms with van der Waals surface area (Å²) in [6, 6.07) is 79.2. The Morgan fingerprint density at radius 1 is 0.271 bits per heavy atom. The first kappa shape index (κ1) is 33.3. The second-order valence-electron chi connectivity index (χ2n) is 15.4. The van der Waals surface area contributed by atoms with Crippen molar-refractivity contribution >= 4 is 65.0 Å². The van der Waals surface area contributed by atoms with Gasteiger partial charge in [0.15, 0.2) is 0 Å². The van der Waals surface area contributed by atoms with Gasteiger partial charge in [-0.3, -0.25) is 0 Å². The molecule has 0 radical (unpaired) electrons. The predicted molar refractivity (Wildman–Crippen MR) is 250 cm³/mol. The van der Waals surface area contributed by atoms with Gasteiger partial charge in [-0.2, -0.15) is 0 Å². The SMILES string of the molecule is c1ccc(-c2c3ccccc3c(-c3ccc(-c4ccc5c(c4)nc(-c4ccccc4)c4cc6c7ccccc7n(-c7ccccc7)c6cc45)cc3)c3ccccc23)cc1. The lowest BCUT2D eigenvalue weighted by molar-refractivity contribution is 1.18. The number of benzene rings is 10. The van der Waals surface area contributed by atoms with Crippen LogP contribution in [0, 0.1) is 0 Å². The molecule has 0 unspecified atom stereocenters. The smallest absolute Gasteiger partial charge is 0.0788 e. The average molecular weight is 749 g/mol. The summed E-state index contributed by atoms with van der Waals surface area (Å²) in [5.41, 5.74) is 13.9. The summed E-state index contributed by atoms with van der Waals surface area (Å²) < 4.78 is 2.40. The van der Waals surface area contributed by atoms with Gasteiger partial charge in [0.2, 0.25) is 0 Å². The Bertz CT molecular complexity index is 3510. The largest absolute Gasteiger partial charge is 0.309 e. The van der Waals surface area contributed by atoms with E-state index >= 15 is 0 Å². The number of pyridine rings is 1. The van der Waals surface area contributed by atoms with E-state index in [4.69, 9.17) is 4.98 Å². The van der Waals surface area contributed by atoms with Crippen molar-refractivity contribution in [2.24, 2.45) is 0 Å². The van der Waals surface area contributed by atoms with Crippen molar-refractivity contribution in [3.63, 3.8) is 0 Å². The minimum atomic E-state index is 0.980. The van der Waals surface area contributed by atoms with E-state index in [2.05, 4.69) is 223 Å². The Morgan fingerprint density at radius 2 is 0.763 bits per heavy atom. The van der Waals surface area contributed by atoms with E-state index in [9.17, 15) is 0 Å². The first-order chi connectivity index (χ1) is 29.3. The van der Waals surface area contributed by atoms with E-state index in [1.165, 1.54) is 71.0 Å². The second-order valence-corrected chi connectivity index (χ2v) is 15.4. The lowest BCUT2D eigenvalue weighted by Crippen LogP contribution is -1.94. The zero-order chi connectivity index (χ0) is 38.9. The summed E-state index contributed by atoms with van der Waals surface area (Å²) in [4.78, 5) is 5.47. The maximum atomic E-state index is 5.47. The van der Waals surface area contributed by atoms with Crippen LogP contribution in [0.15, 0.2) is 218 Å². The molecule has 12 aromatic rings. The van der Waals surface area contributed by atoms with Crippen molar-refractivity contribution < 1.29 is 0 Å². The fourth-order valence-corrected chi connectivity index (χ4v) is 9.50. The third-order valence-electron chi connectivity index (χ3n) is 12.1. The van der Waals surface area contributed by atoms with E-state index in [-0.39, 0.29) is 0 Å². The number of hydrogen-bond donors (Lipinski definition) is 0. The first-order valence-corrected chi connectivity index (χ1v) is 20.3. The van der Waals surface area contributed by atoms with E-state index in [0.717, 1.165) is 44.4 Å².